The highest BCUT2D eigenvalue weighted by atomic mass is 16.5. The number of rotatable bonds is 27. The van der Waals surface area contributed by atoms with Crippen molar-refractivity contribution in [2.45, 2.75) is 155 Å². The van der Waals surface area contributed by atoms with Crippen molar-refractivity contribution in [2.24, 2.45) is 41.4 Å². The molecule has 386 valence electrons. The molecule has 0 spiro atoms. The Kier molecular flexibility index (Phi) is 20.7. The van der Waals surface area contributed by atoms with Crippen molar-refractivity contribution in [2.75, 3.05) is 40.2 Å². The molecule has 12 atom stereocenters. The smallest absolute Gasteiger partial charge is 0.306 e. The van der Waals surface area contributed by atoms with Gasteiger partial charge in [0.15, 0.2) is 5.78 Å². The van der Waals surface area contributed by atoms with Crippen molar-refractivity contribution in [3.63, 3.8) is 0 Å². The molecule has 5 rings (SSSR count). The molecule has 2 heterocycles. The number of carbonyl (C=O) groups excluding carboxylic acids is 6. The maximum absolute atomic E-state index is 14.5. The number of carboxylic acids is 1. The van der Waals surface area contributed by atoms with E-state index in [-0.39, 0.29) is 85.3 Å². The summed E-state index contributed by atoms with van der Waals surface area (Å²) in [6, 6.07) is 15.9. The molecule has 3 aliphatic rings. The van der Waals surface area contributed by atoms with Gasteiger partial charge >= 0.3 is 5.97 Å². The highest BCUT2D eigenvalue weighted by molar-refractivity contribution is 5.96. The molecule has 1 unspecified atom stereocenters. The summed E-state index contributed by atoms with van der Waals surface area (Å²) in [6.07, 6.45) is 4.35. The number of ketones is 2. The van der Waals surface area contributed by atoms with E-state index < -0.39 is 53.9 Å². The lowest BCUT2D eigenvalue weighted by molar-refractivity contribution is -0.149. The first-order valence-corrected chi connectivity index (χ1v) is 25.6. The van der Waals surface area contributed by atoms with Crippen LogP contribution in [0.15, 0.2) is 54.6 Å². The van der Waals surface area contributed by atoms with Gasteiger partial charge in [0.1, 0.15) is 5.78 Å². The van der Waals surface area contributed by atoms with Gasteiger partial charge in [-0.3, -0.25) is 38.5 Å². The van der Waals surface area contributed by atoms with Crippen LogP contribution in [-0.4, -0.2) is 132 Å². The highest BCUT2D eigenvalue weighted by Crippen LogP contribution is 2.43. The van der Waals surface area contributed by atoms with Crippen LogP contribution in [0.25, 0.3) is 0 Å². The van der Waals surface area contributed by atoms with Crippen LogP contribution in [0.2, 0.25) is 0 Å². The molecule has 2 aromatic carbocycles. The molecule has 1 aliphatic carbocycles. The van der Waals surface area contributed by atoms with Gasteiger partial charge in [-0.2, -0.15) is 0 Å². The van der Waals surface area contributed by atoms with E-state index in [0.717, 1.165) is 43.2 Å². The van der Waals surface area contributed by atoms with E-state index in [1.165, 1.54) is 6.92 Å². The van der Waals surface area contributed by atoms with Crippen LogP contribution < -0.4 is 10.6 Å². The van der Waals surface area contributed by atoms with E-state index >= 15 is 0 Å². The minimum absolute atomic E-state index is 0.0145. The van der Waals surface area contributed by atoms with Gasteiger partial charge in [-0.1, -0.05) is 90.4 Å². The monoisotopic (exact) mass is 972 g/mol. The van der Waals surface area contributed by atoms with E-state index in [1.807, 2.05) is 51.2 Å². The third kappa shape index (κ3) is 14.1. The molecule has 2 saturated heterocycles. The number of hydrogen-bond donors (Lipinski definition) is 3. The number of carbonyl (C=O) groups is 7. The number of piperidine rings is 1. The molecule has 70 heavy (non-hydrogen) atoms. The van der Waals surface area contributed by atoms with Crippen molar-refractivity contribution in [1.29, 1.82) is 0 Å². The lowest BCUT2D eigenvalue weighted by Gasteiger charge is -2.41. The molecule has 4 amide bonds. The van der Waals surface area contributed by atoms with Gasteiger partial charge < -0.3 is 35.0 Å². The molecule has 3 fully saturated rings. The summed E-state index contributed by atoms with van der Waals surface area (Å²) in [6.45, 7) is 12.1. The van der Waals surface area contributed by atoms with Gasteiger partial charge in [0.2, 0.25) is 23.6 Å². The maximum atomic E-state index is 14.5. The van der Waals surface area contributed by atoms with Crippen molar-refractivity contribution >= 4 is 46.9 Å². The molecule has 0 radical (unpaired) electrons. The Hall–Kier alpha value is -4.99. The number of methoxy groups -OCH3 is 2. The second-order valence-corrected chi connectivity index (χ2v) is 20.9. The van der Waals surface area contributed by atoms with E-state index in [0.29, 0.717) is 37.0 Å². The van der Waals surface area contributed by atoms with E-state index in [2.05, 4.69) is 29.4 Å². The number of fused-ring (bicyclic) bond motifs is 2. The summed E-state index contributed by atoms with van der Waals surface area (Å²) in [5, 5.41) is 14.8. The lowest BCUT2D eigenvalue weighted by atomic mass is 9.83. The van der Waals surface area contributed by atoms with E-state index in [1.54, 1.807) is 62.3 Å². The van der Waals surface area contributed by atoms with Crippen LogP contribution in [0.1, 0.15) is 117 Å². The summed E-state index contributed by atoms with van der Waals surface area (Å²) >= 11 is 0. The Balaban J connectivity index is 1.25. The minimum Gasteiger partial charge on any atom is -0.481 e. The summed E-state index contributed by atoms with van der Waals surface area (Å²) in [5.41, 5.74) is 2.18. The molecule has 3 N–H and O–H groups in total. The number of hydrogen-bond acceptors (Lipinski definition) is 10. The quantitative estimate of drug-likeness (QED) is 0.0853. The largest absolute Gasteiger partial charge is 0.481 e. The van der Waals surface area contributed by atoms with Gasteiger partial charge in [-0.15, -0.1) is 0 Å². The standard InChI is InChI=1S/C55H81N5O10/c1-11-34(4)50(59(8)54(66)43(33(2)3)30-46(62)51-39-21-24-42(28-39)58(51)7)47(69-9)31-49(64)60-25-15-18-44(60)52(70-10)36(6)45(61)29-40(27-37-16-13-12-14-17-37)53(65)57-41-22-19-38(20-23-41)32-56-48(63)26-35(5)55(67)68/h12-14,16-17,19-20,22-23,33-36,39-40,42-44,47,50-52H,11,15,18,21,24-32H2,1-10H3,(H,56,63)(H,57,65)(H,67,68)/t34-,35?,36-,39-,40+,42+,43-,44-,47+,50-,51-,52+/m0/s1. The number of likely N-dealkylation sites (tertiary alicyclic amines) is 2. The van der Waals surface area contributed by atoms with Crippen LogP contribution in [0.3, 0.4) is 0 Å². The van der Waals surface area contributed by atoms with Crippen molar-refractivity contribution < 1.29 is 48.1 Å². The molecule has 2 bridgehead atoms. The number of ether oxygens (including phenoxy) is 2. The third-order valence-electron chi connectivity index (χ3n) is 15.9. The average Bonchev–Trinajstić information content (AvgIpc) is 4.10. The predicted octanol–water partition coefficient (Wildman–Crippen LogP) is 6.80. The number of Topliss-reactive ketones (excluding diaryl/α,β-unsaturated/α-hetero) is 2. The van der Waals surface area contributed by atoms with Gasteiger partial charge in [0.25, 0.3) is 0 Å². The minimum atomic E-state index is -1.04. The fourth-order valence-corrected chi connectivity index (χ4v) is 11.4. The Morgan fingerprint density at radius 3 is 2.11 bits per heavy atom. The number of carboxylic acid groups (broad SMARTS) is 1. The first kappa shape index (κ1) is 55.9. The van der Waals surface area contributed by atoms with Gasteiger partial charge in [-0.05, 0) is 86.6 Å². The van der Waals surface area contributed by atoms with Gasteiger partial charge in [0, 0.05) is 83.1 Å². The fourth-order valence-electron chi connectivity index (χ4n) is 11.4. The van der Waals surface area contributed by atoms with Crippen LogP contribution in [0, 0.1) is 41.4 Å². The van der Waals surface area contributed by atoms with Crippen molar-refractivity contribution in [3.8, 4) is 0 Å². The van der Waals surface area contributed by atoms with Crippen LogP contribution >= 0.6 is 0 Å². The summed E-state index contributed by atoms with van der Waals surface area (Å²) < 4.78 is 12.2. The van der Waals surface area contributed by atoms with Crippen LogP contribution in [0.5, 0.6) is 0 Å². The average molecular weight is 972 g/mol. The number of anilines is 1. The Morgan fingerprint density at radius 2 is 1.53 bits per heavy atom. The van der Waals surface area contributed by atoms with Gasteiger partial charge in [-0.25, -0.2) is 0 Å². The van der Waals surface area contributed by atoms with Crippen molar-refractivity contribution in [3.05, 3.63) is 65.7 Å². The molecule has 0 aromatic heterocycles. The molecule has 1 saturated carbocycles. The second-order valence-electron chi connectivity index (χ2n) is 20.9. The number of aliphatic carboxylic acids is 1. The Bertz CT molecular complexity index is 2100. The maximum Gasteiger partial charge on any atom is 0.306 e. The number of nitrogens with one attached hydrogen (secondary N) is 2. The summed E-state index contributed by atoms with van der Waals surface area (Å²) in [5.74, 6) is -4.45. The zero-order chi connectivity index (χ0) is 51.4. The van der Waals surface area contributed by atoms with Crippen molar-refractivity contribution in [1.82, 2.24) is 20.0 Å². The van der Waals surface area contributed by atoms with Gasteiger partial charge in [0.05, 0.1) is 42.7 Å². The molecule has 15 nitrogen and oxygen atoms in total. The molecule has 2 aromatic rings. The second kappa shape index (κ2) is 25.9. The normalized spacial score (nSPS) is 22.4. The molecule has 2 aliphatic heterocycles. The lowest BCUT2D eigenvalue weighted by Crippen LogP contribution is -2.54. The third-order valence-corrected chi connectivity index (χ3v) is 15.9. The SMILES string of the molecule is CC[C@H](C)[C@@H]([C@@H](CC(=O)N1CCC[C@H]1[C@H](OC)[C@@H](C)C(=O)C[C@@H](Cc1ccccc1)C(=O)Nc1ccc(CNC(=O)CC(C)C(=O)O)cc1)OC)N(C)C(=O)[C@@H](CC(=O)[C@@H]1[C@H]2CC[C@H](C2)N1C)C(C)C. The Morgan fingerprint density at radius 1 is 0.843 bits per heavy atom. The molecular weight excluding hydrogens is 891 g/mol. The van der Waals surface area contributed by atoms with Crippen LogP contribution in [0.4, 0.5) is 5.69 Å². The number of nitrogens with zero attached hydrogens (tertiary/aromatic N) is 3. The first-order chi connectivity index (χ1) is 33.3. The first-order valence-electron chi connectivity index (χ1n) is 25.6. The number of amides is 4. The van der Waals surface area contributed by atoms with E-state index in [9.17, 15) is 33.6 Å². The Labute approximate surface area is 416 Å². The predicted molar refractivity (Wildman–Crippen MR) is 268 cm³/mol. The van der Waals surface area contributed by atoms with Crippen LogP contribution in [-0.2, 0) is 56.0 Å². The highest BCUT2D eigenvalue weighted by Gasteiger charge is 2.48. The summed E-state index contributed by atoms with van der Waals surface area (Å²) in [4.78, 5) is 100. The van der Waals surface area contributed by atoms with E-state index in [4.69, 9.17) is 14.6 Å². The fraction of sp³-hybridized carbons (Fsp3) is 0.655. The zero-order valence-corrected chi connectivity index (χ0v) is 43.4. The topological polar surface area (TPSA) is 192 Å². The molecular formula is C55H81N5O10. The zero-order valence-electron chi connectivity index (χ0n) is 43.4. The summed E-state index contributed by atoms with van der Waals surface area (Å²) in [7, 11) is 6.96. The number of likely N-dealkylation sites (N-methyl/N-ethyl adjacent to an activating group) is 2. The number of benzene rings is 2. The molecule has 15 heteroatoms.